The highest BCUT2D eigenvalue weighted by Gasteiger charge is 2.18. The Balaban J connectivity index is 1.56. The van der Waals surface area contributed by atoms with Crippen LogP contribution in [0.4, 0.5) is 15.8 Å². The molecule has 0 bridgehead atoms. The lowest BCUT2D eigenvalue weighted by Crippen LogP contribution is -2.45. The van der Waals surface area contributed by atoms with Gasteiger partial charge in [-0.25, -0.2) is 4.39 Å². The highest BCUT2D eigenvalue weighted by Crippen LogP contribution is 2.22. The van der Waals surface area contributed by atoms with E-state index in [9.17, 15) is 14.5 Å². The third kappa shape index (κ3) is 4.06. The molecule has 1 fully saturated rings. The Morgan fingerprint density at radius 3 is 2.36 bits per heavy atom. The molecule has 0 radical (unpaired) electrons. The van der Waals surface area contributed by atoms with E-state index in [4.69, 9.17) is 4.74 Å². The van der Waals surface area contributed by atoms with Crippen molar-refractivity contribution in [1.82, 2.24) is 4.90 Å². The summed E-state index contributed by atoms with van der Waals surface area (Å²) in [6.07, 6.45) is 0. The molecule has 2 aromatic carbocycles. The lowest BCUT2D eigenvalue weighted by atomic mass is 10.1. The third-order valence-corrected chi connectivity index (χ3v) is 4.42. The summed E-state index contributed by atoms with van der Waals surface area (Å²) in [4.78, 5) is 14.8. The summed E-state index contributed by atoms with van der Waals surface area (Å²) in [7, 11) is 1.45. The van der Waals surface area contributed by atoms with Crippen molar-refractivity contribution < 1.29 is 14.1 Å². The fourth-order valence-electron chi connectivity index (χ4n) is 3.02. The van der Waals surface area contributed by atoms with E-state index in [2.05, 4.69) is 9.80 Å². The van der Waals surface area contributed by atoms with E-state index < -0.39 is 4.92 Å². The third-order valence-electron chi connectivity index (χ3n) is 4.42. The molecule has 1 heterocycles. The van der Waals surface area contributed by atoms with Crippen molar-refractivity contribution in [3.63, 3.8) is 0 Å². The molecule has 132 valence electrons. The van der Waals surface area contributed by atoms with Crippen molar-refractivity contribution in [2.24, 2.45) is 0 Å². The minimum atomic E-state index is -0.393. The summed E-state index contributed by atoms with van der Waals surface area (Å²) in [5.41, 5.74) is 2.01. The van der Waals surface area contributed by atoms with Crippen LogP contribution < -0.4 is 9.64 Å². The minimum Gasteiger partial charge on any atom is -0.494 e. The number of halogens is 1. The average Bonchev–Trinajstić information content (AvgIpc) is 2.63. The summed E-state index contributed by atoms with van der Waals surface area (Å²) in [5, 5.41) is 10.7. The Hall–Kier alpha value is -2.67. The van der Waals surface area contributed by atoms with Crippen molar-refractivity contribution in [2.75, 3.05) is 38.2 Å². The first-order valence-corrected chi connectivity index (χ1v) is 8.11. The van der Waals surface area contributed by atoms with Crippen LogP contribution in [-0.4, -0.2) is 43.1 Å². The molecule has 0 aromatic heterocycles. The van der Waals surface area contributed by atoms with Gasteiger partial charge in [-0.1, -0.05) is 6.07 Å². The van der Waals surface area contributed by atoms with Gasteiger partial charge in [-0.2, -0.15) is 0 Å². The summed E-state index contributed by atoms with van der Waals surface area (Å²) in [6.45, 7) is 4.05. The van der Waals surface area contributed by atoms with Crippen LogP contribution in [0.5, 0.6) is 5.75 Å². The molecule has 0 N–H and O–H groups in total. The monoisotopic (exact) mass is 345 g/mol. The number of ether oxygens (including phenoxy) is 1. The summed E-state index contributed by atoms with van der Waals surface area (Å²) < 4.78 is 18.7. The largest absolute Gasteiger partial charge is 0.494 e. The van der Waals surface area contributed by atoms with Crippen LogP contribution >= 0.6 is 0 Å². The molecule has 0 aliphatic carbocycles. The van der Waals surface area contributed by atoms with Gasteiger partial charge in [-0.15, -0.1) is 0 Å². The number of non-ortho nitro benzene ring substituents is 1. The molecule has 1 aliphatic rings. The quantitative estimate of drug-likeness (QED) is 0.616. The number of anilines is 1. The zero-order valence-electron chi connectivity index (χ0n) is 14.0. The van der Waals surface area contributed by atoms with Gasteiger partial charge in [0.15, 0.2) is 11.6 Å². The lowest BCUT2D eigenvalue weighted by molar-refractivity contribution is -0.384. The Kier molecular flexibility index (Phi) is 5.14. The van der Waals surface area contributed by atoms with Crippen molar-refractivity contribution in [3.05, 3.63) is 64.0 Å². The predicted octanol–water partition coefficient (Wildman–Crippen LogP) is 3.06. The predicted molar refractivity (Wildman–Crippen MR) is 93.5 cm³/mol. The maximum atomic E-state index is 13.8. The van der Waals surface area contributed by atoms with Crippen LogP contribution in [0.3, 0.4) is 0 Å². The van der Waals surface area contributed by atoms with Crippen molar-refractivity contribution in [1.29, 1.82) is 0 Å². The topological polar surface area (TPSA) is 58.8 Å². The fraction of sp³-hybridized carbons (Fsp3) is 0.333. The first-order chi connectivity index (χ1) is 12.1. The molecule has 2 aromatic rings. The van der Waals surface area contributed by atoms with Gasteiger partial charge in [0.05, 0.1) is 12.0 Å². The Morgan fingerprint density at radius 2 is 1.80 bits per heavy atom. The molecule has 6 nitrogen and oxygen atoms in total. The molecular formula is C18H20FN3O3. The van der Waals surface area contributed by atoms with E-state index in [1.165, 1.54) is 25.3 Å². The van der Waals surface area contributed by atoms with Crippen LogP contribution in [0, 0.1) is 15.9 Å². The number of benzene rings is 2. The maximum absolute atomic E-state index is 13.8. The van der Waals surface area contributed by atoms with Gasteiger partial charge in [0.25, 0.3) is 5.69 Å². The SMILES string of the molecule is COc1ccc(CN2CCN(c3ccc([N+](=O)[O-])cc3)CC2)cc1F. The van der Waals surface area contributed by atoms with Gasteiger partial charge in [-0.05, 0) is 29.8 Å². The Morgan fingerprint density at radius 1 is 1.12 bits per heavy atom. The average molecular weight is 345 g/mol. The molecule has 0 atom stereocenters. The number of nitro groups is 1. The fourth-order valence-corrected chi connectivity index (χ4v) is 3.02. The zero-order chi connectivity index (χ0) is 17.8. The standard InChI is InChI=1S/C18H20FN3O3/c1-25-18-7-2-14(12-17(18)19)13-20-8-10-21(11-9-20)15-3-5-16(6-4-15)22(23)24/h2-7,12H,8-11,13H2,1H3. The number of nitro benzene ring substituents is 1. The van der Waals surface area contributed by atoms with Crippen LogP contribution in [0.15, 0.2) is 42.5 Å². The summed E-state index contributed by atoms with van der Waals surface area (Å²) >= 11 is 0. The summed E-state index contributed by atoms with van der Waals surface area (Å²) in [6, 6.07) is 11.7. The van der Waals surface area contributed by atoms with E-state index in [1.54, 1.807) is 18.2 Å². The second-order valence-electron chi connectivity index (χ2n) is 6.01. The van der Waals surface area contributed by atoms with Crippen LogP contribution in [0.25, 0.3) is 0 Å². The number of rotatable bonds is 5. The van der Waals surface area contributed by atoms with Crippen molar-refractivity contribution in [3.8, 4) is 5.75 Å². The van der Waals surface area contributed by atoms with Crippen molar-refractivity contribution in [2.45, 2.75) is 6.54 Å². The molecule has 0 spiro atoms. The summed E-state index contributed by atoms with van der Waals surface area (Å²) in [5.74, 6) is -0.0868. The van der Waals surface area contributed by atoms with E-state index >= 15 is 0 Å². The van der Waals surface area contributed by atoms with E-state index in [0.717, 1.165) is 37.4 Å². The van der Waals surface area contributed by atoms with Gasteiger partial charge in [0.1, 0.15) is 0 Å². The molecular weight excluding hydrogens is 325 g/mol. The number of hydrogen-bond donors (Lipinski definition) is 0. The molecule has 1 aliphatic heterocycles. The van der Waals surface area contributed by atoms with Crippen LogP contribution in [0.1, 0.15) is 5.56 Å². The molecule has 25 heavy (non-hydrogen) atoms. The van der Waals surface area contributed by atoms with E-state index in [-0.39, 0.29) is 17.3 Å². The molecule has 0 saturated carbocycles. The lowest BCUT2D eigenvalue weighted by Gasteiger charge is -2.36. The van der Waals surface area contributed by atoms with Gasteiger partial charge in [-0.3, -0.25) is 15.0 Å². The molecule has 0 amide bonds. The number of nitrogens with zero attached hydrogens (tertiary/aromatic N) is 3. The smallest absolute Gasteiger partial charge is 0.269 e. The second kappa shape index (κ2) is 7.48. The minimum absolute atomic E-state index is 0.101. The van der Waals surface area contributed by atoms with Gasteiger partial charge in [0.2, 0.25) is 0 Å². The maximum Gasteiger partial charge on any atom is 0.269 e. The first kappa shape index (κ1) is 17.2. The number of piperazine rings is 1. The van der Waals surface area contributed by atoms with Gasteiger partial charge < -0.3 is 9.64 Å². The van der Waals surface area contributed by atoms with Gasteiger partial charge in [0, 0.05) is 50.5 Å². The molecule has 0 unspecified atom stereocenters. The van der Waals surface area contributed by atoms with E-state index in [1.807, 2.05) is 6.07 Å². The molecule has 3 rings (SSSR count). The zero-order valence-corrected chi connectivity index (χ0v) is 14.0. The van der Waals surface area contributed by atoms with Crippen LogP contribution in [0.2, 0.25) is 0 Å². The Labute approximate surface area is 145 Å². The molecule has 1 saturated heterocycles. The molecule has 7 heteroatoms. The number of methoxy groups -OCH3 is 1. The first-order valence-electron chi connectivity index (χ1n) is 8.11. The van der Waals surface area contributed by atoms with Gasteiger partial charge >= 0.3 is 0 Å². The normalized spacial score (nSPS) is 15.2. The number of hydrogen-bond acceptors (Lipinski definition) is 5. The van der Waals surface area contributed by atoms with Crippen molar-refractivity contribution >= 4 is 11.4 Å². The van der Waals surface area contributed by atoms with Crippen LogP contribution in [-0.2, 0) is 6.54 Å². The highest BCUT2D eigenvalue weighted by atomic mass is 19.1. The highest BCUT2D eigenvalue weighted by molar-refractivity contribution is 5.51. The Bertz CT molecular complexity index is 744. The second-order valence-corrected chi connectivity index (χ2v) is 6.01. The van der Waals surface area contributed by atoms with E-state index in [0.29, 0.717) is 6.54 Å².